The zero-order chi connectivity index (χ0) is 14.0. The molecule has 0 saturated carbocycles. The minimum atomic E-state index is -4.70. The summed E-state index contributed by atoms with van der Waals surface area (Å²) in [7, 11) is 0. The van der Waals surface area contributed by atoms with Crippen LogP contribution in [0.1, 0.15) is 43.3 Å². The third-order valence-corrected chi connectivity index (χ3v) is 3.24. The van der Waals surface area contributed by atoms with Crippen LogP contribution < -0.4 is 0 Å². The third kappa shape index (κ3) is 3.24. The average Bonchev–Trinajstić information content (AvgIpc) is 2.86. The highest BCUT2D eigenvalue weighted by Crippen LogP contribution is 2.32. The van der Waals surface area contributed by atoms with Gasteiger partial charge in [0.15, 0.2) is 11.9 Å². The van der Waals surface area contributed by atoms with Gasteiger partial charge in [-0.05, 0) is 12.8 Å². The third-order valence-electron chi connectivity index (χ3n) is 3.24. The van der Waals surface area contributed by atoms with Crippen LogP contribution in [0.4, 0.5) is 13.2 Å². The van der Waals surface area contributed by atoms with E-state index in [0.717, 1.165) is 12.8 Å². The second-order valence-electron chi connectivity index (χ2n) is 4.65. The first-order chi connectivity index (χ1) is 8.89. The molecule has 8 heteroatoms. The molecule has 0 radical (unpaired) electrons. The van der Waals surface area contributed by atoms with Gasteiger partial charge in [-0.1, -0.05) is 12.1 Å². The molecule has 2 rings (SSSR count). The lowest BCUT2D eigenvalue weighted by Gasteiger charge is -2.19. The Hall–Kier alpha value is -1.15. The van der Waals surface area contributed by atoms with Gasteiger partial charge in [0, 0.05) is 19.1 Å². The molecule has 0 aliphatic carbocycles. The number of rotatable bonds is 3. The summed E-state index contributed by atoms with van der Waals surface area (Å²) in [5, 5.41) is 12.9. The smallest absolute Gasteiger partial charge is 0.383 e. The maximum atomic E-state index is 12.4. The predicted octanol–water partition coefficient (Wildman–Crippen LogP) is 1.99. The van der Waals surface area contributed by atoms with Crippen molar-refractivity contribution in [2.75, 3.05) is 13.2 Å². The Morgan fingerprint density at radius 2 is 1.95 bits per heavy atom. The quantitative estimate of drug-likeness (QED) is 0.917. The maximum absolute atomic E-state index is 12.4. The average molecular weight is 280 g/mol. The zero-order valence-corrected chi connectivity index (χ0v) is 10.4. The lowest BCUT2D eigenvalue weighted by atomic mass is 9.99. The highest BCUT2D eigenvalue weighted by atomic mass is 19.4. The Bertz CT molecular complexity index is 416. The summed E-state index contributed by atoms with van der Waals surface area (Å²) in [6, 6.07) is 0. The van der Waals surface area contributed by atoms with Gasteiger partial charge in [0.25, 0.3) is 0 Å². The van der Waals surface area contributed by atoms with Crippen LogP contribution in [0.15, 0.2) is 4.52 Å². The lowest BCUT2D eigenvalue weighted by molar-refractivity contribution is -0.210. The number of hydrogen-bond donors (Lipinski definition) is 1. The van der Waals surface area contributed by atoms with Crippen molar-refractivity contribution in [3.63, 3.8) is 0 Å². The SMILES string of the molecule is CC(c1nc(C2CCOCC2)no1)C(O)C(F)(F)F. The van der Waals surface area contributed by atoms with Gasteiger partial charge in [-0.3, -0.25) is 0 Å². The number of aliphatic hydroxyl groups is 1. The summed E-state index contributed by atoms with van der Waals surface area (Å²) in [4.78, 5) is 3.98. The molecule has 0 aromatic carbocycles. The van der Waals surface area contributed by atoms with Crippen LogP contribution in [0.25, 0.3) is 0 Å². The van der Waals surface area contributed by atoms with Crippen LogP contribution in [-0.4, -0.2) is 40.7 Å². The fourth-order valence-electron chi connectivity index (χ4n) is 1.97. The molecular weight excluding hydrogens is 265 g/mol. The van der Waals surface area contributed by atoms with Gasteiger partial charge in [0.1, 0.15) is 0 Å². The first-order valence-electron chi connectivity index (χ1n) is 6.05. The Balaban J connectivity index is 2.07. The molecule has 2 atom stereocenters. The number of aliphatic hydroxyl groups excluding tert-OH is 1. The van der Waals surface area contributed by atoms with Gasteiger partial charge < -0.3 is 14.4 Å². The van der Waals surface area contributed by atoms with Crippen LogP contribution in [0.5, 0.6) is 0 Å². The van der Waals surface area contributed by atoms with E-state index in [4.69, 9.17) is 14.4 Å². The molecule has 5 nitrogen and oxygen atoms in total. The summed E-state index contributed by atoms with van der Waals surface area (Å²) in [6.45, 7) is 2.37. The molecular formula is C11H15F3N2O3. The Kier molecular flexibility index (Phi) is 4.10. The van der Waals surface area contributed by atoms with Crippen molar-refractivity contribution in [1.29, 1.82) is 0 Å². The van der Waals surface area contributed by atoms with Crippen molar-refractivity contribution in [3.05, 3.63) is 11.7 Å². The van der Waals surface area contributed by atoms with E-state index in [1.807, 2.05) is 0 Å². The van der Waals surface area contributed by atoms with Gasteiger partial charge in [0.05, 0.1) is 5.92 Å². The second-order valence-corrected chi connectivity index (χ2v) is 4.65. The van der Waals surface area contributed by atoms with E-state index < -0.39 is 18.2 Å². The van der Waals surface area contributed by atoms with Crippen LogP contribution in [0.3, 0.4) is 0 Å². The zero-order valence-electron chi connectivity index (χ0n) is 10.4. The summed E-state index contributed by atoms with van der Waals surface area (Å²) in [6.07, 6.45) is -5.77. The van der Waals surface area contributed by atoms with Gasteiger partial charge in [-0.2, -0.15) is 18.2 Å². The van der Waals surface area contributed by atoms with Crippen molar-refractivity contribution in [3.8, 4) is 0 Å². The first-order valence-corrected chi connectivity index (χ1v) is 6.05. The molecule has 1 aliphatic rings. The van der Waals surface area contributed by atoms with Crippen LogP contribution in [-0.2, 0) is 4.74 Å². The van der Waals surface area contributed by atoms with Crippen LogP contribution >= 0.6 is 0 Å². The molecule has 1 aromatic heterocycles. The second kappa shape index (κ2) is 5.46. The predicted molar refractivity (Wildman–Crippen MR) is 57.6 cm³/mol. The van der Waals surface area contributed by atoms with Crippen molar-refractivity contribution in [1.82, 2.24) is 10.1 Å². The number of aromatic nitrogens is 2. The molecule has 1 aromatic rings. The monoisotopic (exact) mass is 280 g/mol. The normalized spacial score (nSPS) is 21.3. The van der Waals surface area contributed by atoms with E-state index in [0.29, 0.717) is 19.0 Å². The molecule has 19 heavy (non-hydrogen) atoms. The largest absolute Gasteiger partial charge is 0.415 e. The van der Waals surface area contributed by atoms with Gasteiger partial charge in [-0.25, -0.2) is 0 Å². The van der Waals surface area contributed by atoms with E-state index in [1.54, 1.807) is 0 Å². The molecule has 1 N–H and O–H groups in total. The molecule has 108 valence electrons. The summed E-state index contributed by atoms with van der Waals surface area (Å²) < 4.78 is 47.2. The summed E-state index contributed by atoms with van der Waals surface area (Å²) in [5.41, 5.74) is 0. The number of halogens is 3. The number of alkyl halides is 3. The summed E-state index contributed by atoms with van der Waals surface area (Å²) in [5.74, 6) is -1.03. The van der Waals surface area contributed by atoms with E-state index in [9.17, 15) is 13.2 Å². The Morgan fingerprint density at radius 1 is 1.32 bits per heavy atom. The van der Waals surface area contributed by atoms with Gasteiger partial charge in [0.2, 0.25) is 5.89 Å². The number of hydrogen-bond acceptors (Lipinski definition) is 5. The molecule has 1 saturated heterocycles. The highest BCUT2D eigenvalue weighted by Gasteiger charge is 2.44. The Labute approximate surface area is 107 Å². The van der Waals surface area contributed by atoms with E-state index >= 15 is 0 Å². The van der Waals surface area contributed by atoms with Crippen molar-refractivity contribution >= 4 is 0 Å². The molecule has 1 aliphatic heterocycles. The minimum Gasteiger partial charge on any atom is -0.383 e. The Morgan fingerprint density at radius 3 is 2.53 bits per heavy atom. The molecule has 1 fully saturated rings. The topological polar surface area (TPSA) is 68.4 Å². The number of ether oxygens (including phenoxy) is 1. The van der Waals surface area contributed by atoms with Crippen LogP contribution in [0, 0.1) is 0 Å². The first kappa shape index (κ1) is 14.3. The van der Waals surface area contributed by atoms with Crippen molar-refractivity contribution in [2.24, 2.45) is 0 Å². The molecule has 2 unspecified atom stereocenters. The molecule has 0 spiro atoms. The van der Waals surface area contributed by atoms with Crippen molar-refractivity contribution in [2.45, 2.75) is 43.9 Å². The molecule has 0 amide bonds. The van der Waals surface area contributed by atoms with E-state index in [2.05, 4.69) is 10.1 Å². The van der Waals surface area contributed by atoms with E-state index in [1.165, 1.54) is 6.92 Å². The standard InChI is InChI=1S/C11H15F3N2O3/c1-6(8(17)11(12,13)14)10-15-9(16-19-10)7-2-4-18-5-3-7/h6-8,17H,2-5H2,1H3. The molecule has 0 bridgehead atoms. The van der Waals surface area contributed by atoms with Gasteiger partial charge >= 0.3 is 6.18 Å². The minimum absolute atomic E-state index is 0.0430. The summed E-state index contributed by atoms with van der Waals surface area (Å²) >= 11 is 0. The lowest BCUT2D eigenvalue weighted by Crippen LogP contribution is -2.33. The fraction of sp³-hybridized carbons (Fsp3) is 0.818. The van der Waals surface area contributed by atoms with Crippen molar-refractivity contribution < 1.29 is 27.5 Å². The van der Waals surface area contributed by atoms with E-state index in [-0.39, 0.29) is 11.8 Å². The van der Waals surface area contributed by atoms with Gasteiger partial charge in [-0.15, -0.1) is 0 Å². The maximum Gasteiger partial charge on any atom is 0.415 e. The number of nitrogens with zero attached hydrogens (tertiary/aromatic N) is 2. The van der Waals surface area contributed by atoms with Crippen LogP contribution in [0.2, 0.25) is 0 Å². The molecule has 2 heterocycles. The fourth-order valence-corrected chi connectivity index (χ4v) is 1.97. The highest BCUT2D eigenvalue weighted by molar-refractivity contribution is 5.01.